The van der Waals surface area contributed by atoms with E-state index in [1.165, 1.54) is 89.9 Å². The predicted molar refractivity (Wildman–Crippen MR) is 241 cm³/mol. The zero-order valence-corrected chi connectivity index (χ0v) is 36.5. The first-order valence-corrected chi connectivity index (χ1v) is 23.2. The van der Waals surface area contributed by atoms with Crippen molar-refractivity contribution in [2.24, 2.45) is 0 Å². The first-order chi connectivity index (χ1) is 27.5. The minimum atomic E-state index is -0.805. The van der Waals surface area contributed by atoms with Gasteiger partial charge in [-0.2, -0.15) is 0 Å². The van der Waals surface area contributed by atoms with Crippen molar-refractivity contribution in [2.75, 3.05) is 6.61 Å². The minimum absolute atomic E-state index is 0.0349. The van der Waals surface area contributed by atoms with Gasteiger partial charge in [-0.05, 0) is 57.8 Å². The van der Waals surface area contributed by atoms with Crippen molar-refractivity contribution in [3.8, 4) is 0 Å². The summed E-state index contributed by atoms with van der Waals surface area (Å²) in [5, 5.41) is 23.6. The second kappa shape index (κ2) is 43.4. The maximum absolute atomic E-state index is 13.1. The lowest BCUT2D eigenvalue weighted by atomic mass is 10.0. The van der Waals surface area contributed by atoms with Gasteiger partial charge >= 0.3 is 5.97 Å². The summed E-state index contributed by atoms with van der Waals surface area (Å²) in [5.74, 6) is -0.586. The monoisotopic (exact) mass is 782 g/mol. The van der Waals surface area contributed by atoms with E-state index in [1.54, 1.807) is 0 Å². The van der Waals surface area contributed by atoms with Crippen LogP contribution in [0.2, 0.25) is 0 Å². The third kappa shape index (κ3) is 38.2. The molecular weight excluding hydrogens is 695 g/mol. The third-order valence-electron chi connectivity index (χ3n) is 10.1. The van der Waals surface area contributed by atoms with E-state index < -0.39 is 18.2 Å². The molecule has 0 saturated carbocycles. The Morgan fingerprint density at radius 3 is 1.55 bits per heavy atom. The highest BCUT2D eigenvalue weighted by Gasteiger charge is 2.24. The standard InChI is InChI=1S/C50H87NO5/c1-4-7-10-13-16-19-21-23-24-26-27-30-33-36-39-42-48(53)47(45-52)51-49(54)44-46(41-38-35-32-29-18-15-12-9-6-3)56-50(55)43-40-37-34-31-28-25-22-20-17-14-11-8-5-2/h8,11,14-15,17-18,20,22,25,28,31,34,46-48,52-53H,4-7,9-10,12-13,16,19,21,23-24,26-27,29-30,32-33,35-45H2,1-3H3,(H,51,54)/b11-8+,17-14+,18-15-,22-20-,28-25-,34-31+. The Balaban J connectivity index is 4.61. The molecule has 3 N–H and O–H groups in total. The molecule has 0 aliphatic carbocycles. The molecule has 1 amide bonds. The molecule has 0 aromatic heterocycles. The summed E-state index contributed by atoms with van der Waals surface area (Å²) in [6, 6.07) is -0.722. The maximum atomic E-state index is 13.1. The zero-order chi connectivity index (χ0) is 41.0. The average molecular weight is 782 g/mol. The number of aliphatic hydroxyl groups is 2. The summed E-state index contributed by atoms with van der Waals surface area (Å²) in [6.07, 6.45) is 54.0. The summed E-state index contributed by atoms with van der Waals surface area (Å²) in [5.41, 5.74) is 0. The normalized spacial score (nSPS) is 14.0. The molecule has 322 valence electrons. The van der Waals surface area contributed by atoms with Crippen molar-refractivity contribution >= 4 is 11.9 Å². The van der Waals surface area contributed by atoms with E-state index >= 15 is 0 Å². The molecule has 0 aromatic rings. The Hall–Kier alpha value is -2.70. The summed E-state index contributed by atoms with van der Waals surface area (Å²) in [6.45, 7) is 6.26. The predicted octanol–water partition coefficient (Wildman–Crippen LogP) is 13.4. The van der Waals surface area contributed by atoms with Gasteiger partial charge in [0.05, 0.1) is 25.2 Å². The first-order valence-electron chi connectivity index (χ1n) is 23.2. The largest absolute Gasteiger partial charge is 0.462 e. The Bertz CT molecular complexity index is 1060. The average Bonchev–Trinajstić information content (AvgIpc) is 3.19. The number of ether oxygens (including phenoxy) is 1. The van der Waals surface area contributed by atoms with Gasteiger partial charge in [0.25, 0.3) is 0 Å². The molecule has 0 heterocycles. The Labute approximate surface area is 345 Å². The summed E-state index contributed by atoms with van der Waals surface area (Å²) in [7, 11) is 0. The molecule has 0 fully saturated rings. The van der Waals surface area contributed by atoms with Gasteiger partial charge in [0, 0.05) is 6.42 Å². The summed E-state index contributed by atoms with van der Waals surface area (Å²) in [4.78, 5) is 25.9. The van der Waals surface area contributed by atoms with Crippen LogP contribution in [0.1, 0.15) is 207 Å². The van der Waals surface area contributed by atoms with Crippen LogP contribution >= 0.6 is 0 Å². The second-order valence-corrected chi connectivity index (χ2v) is 15.5. The van der Waals surface area contributed by atoms with Crippen molar-refractivity contribution < 1.29 is 24.5 Å². The van der Waals surface area contributed by atoms with Crippen LogP contribution in [0.4, 0.5) is 0 Å². The number of allylic oxidation sites excluding steroid dienone is 12. The highest BCUT2D eigenvalue weighted by atomic mass is 16.5. The Kier molecular flexibility index (Phi) is 41.3. The fourth-order valence-electron chi connectivity index (χ4n) is 6.62. The molecule has 0 bridgehead atoms. The summed E-state index contributed by atoms with van der Waals surface area (Å²) >= 11 is 0. The van der Waals surface area contributed by atoms with Gasteiger partial charge in [-0.25, -0.2) is 0 Å². The molecule has 3 atom stereocenters. The number of carbonyl (C=O) groups excluding carboxylic acids is 2. The zero-order valence-electron chi connectivity index (χ0n) is 36.5. The van der Waals surface area contributed by atoms with E-state index in [4.69, 9.17) is 4.74 Å². The molecule has 0 spiro atoms. The van der Waals surface area contributed by atoms with Crippen molar-refractivity contribution in [3.63, 3.8) is 0 Å². The van der Waals surface area contributed by atoms with Crippen LogP contribution in [-0.2, 0) is 14.3 Å². The fourth-order valence-corrected chi connectivity index (χ4v) is 6.62. The highest BCUT2D eigenvalue weighted by Crippen LogP contribution is 2.17. The molecule has 0 aliphatic heterocycles. The lowest BCUT2D eigenvalue weighted by Crippen LogP contribution is -2.46. The fraction of sp³-hybridized carbons (Fsp3) is 0.720. The highest BCUT2D eigenvalue weighted by molar-refractivity contribution is 5.77. The lowest BCUT2D eigenvalue weighted by molar-refractivity contribution is -0.151. The van der Waals surface area contributed by atoms with Gasteiger partial charge in [0.1, 0.15) is 6.10 Å². The second-order valence-electron chi connectivity index (χ2n) is 15.5. The van der Waals surface area contributed by atoms with E-state index in [0.29, 0.717) is 25.7 Å². The SMILES string of the molecule is CC/C=C/C=C/C=C\C=C/C=C/CCCC(=O)OC(CCCCC/C=C\CCCC)CC(=O)NC(CO)C(O)CCCCCCCCCCCCCCCCC. The number of carbonyl (C=O) groups is 2. The van der Waals surface area contributed by atoms with E-state index in [9.17, 15) is 19.8 Å². The van der Waals surface area contributed by atoms with Crippen LogP contribution in [-0.4, -0.2) is 46.9 Å². The topological polar surface area (TPSA) is 95.9 Å². The molecule has 0 aromatic carbocycles. The third-order valence-corrected chi connectivity index (χ3v) is 10.1. The quantitative estimate of drug-likeness (QED) is 0.0249. The van der Waals surface area contributed by atoms with Crippen molar-refractivity contribution in [1.82, 2.24) is 5.32 Å². The minimum Gasteiger partial charge on any atom is -0.462 e. The number of hydrogen-bond acceptors (Lipinski definition) is 5. The lowest BCUT2D eigenvalue weighted by Gasteiger charge is -2.24. The van der Waals surface area contributed by atoms with Gasteiger partial charge in [0.2, 0.25) is 5.91 Å². The van der Waals surface area contributed by atoms with Crippen LogP contribution in [0.3, 0.4) is 0 Å². The van der Waals surface area contributed by atoms with Gasteiger partial charge < -0.3 is 20.3 Å². The van der Waals surface area contributed by atoms with Gasteiger partial charge in [-0.1, -0.05) is 209 Å². The van der Waals surface area contributed by atoms with Gasteiger partial charge in [-0.3, -0.25) is 9.59 Å². The van der Waals surface area contributed by atoms with E-state index in [1.807, 2.05) is 54.7 Å². The molecule has 0 saturated heterocycles. The van der Waals surface area contributed by atoms with Crippen LogP contribution in [0, 0.1) is 0 Å². The number of esters is 1. The maximum Gasteiger partial charge on any atom is 0.306 e. The van der Waals surface area contributed by atoms with E-state index in [2.05, 4.69) is 44.3 Å². The van der Waals surface area contributed by atoms with Crippen molar-refractivity contribution in [1.29, 1.82) is 0 Å². The molecule has 6 heteroatoms. The van der Waals surface area contributed by atoms with Gasteiger partial charge in [-0.15, -0.1) is 0 Å². The molecule has 3 unspecified atom stereocenters. The summed E-state index contributed by atoms with van der Waals surface area (Å²) < 4.78 is 5.84. The molecule has 0 rings (SSSR count). The molecule has 0 aliphatic rings. The number of rotatable bonds is 40. The Morgan fingerprint density at radius 2 is 1.00 bits per heavy atom. The number of aliphatic hydroxyl groups excluding tert-OH is 2. The van der Waals surface area contributed by atoms with E-state index in [0.717, 1.165) is 64.2 Å². The smallest absolute Gasteiger partial charge is 0.306 e. The van der Waals surface area contributed by atoms with Crippen LogP contribution in [0.5, 0.6) is 0 Å². The first kappa shape index (κ1) is 53.3. The van der Waals surface area contributed by atoms with Crippen molar-refractivity contribution in [2.45, 2.75) is 225 Å². The molecule has 6 nitrogen and oxygen atoms in total. The Morgan fingerprint density at radius 1 is 0.536 bits per heavy atom. The number of hydrogen-bond donors (Lipinski definition) is 3. The number of unbranched alkanes of at least 4 members (excludes halogenated alkanes) is 20. The molecule has 56 heavy (non-hydrogen) atoms. The number of amides is 1. The van der Waals surface area contributed by atoms with E-state index in [-0.39, 0.29) is 24.9 Å². The number of nitrogens with one attached hydrogen (secondary N) is 1. The van der Waals surface area contributed by atoms with Crippen LogP contribution in [0.15, 0.2) is 72.9 Å². The van der Waals surface area contributed by atoms with Crippen molar-refractivity contribution in [3.05, 3.63) is 72.9 Å². The van der Waals surface area contributed by atoms with Crippen LogP contribution in [0.25, 0.3) is 0 Å². The van der Waals surface area contributed by atoms with Gasteiger partial charge in [0.15, 0.2) is 0 Å². The molecule has 0 radical (unpaired) electrons. The molecular formula is C50H87NO5. The van der Waals surface area contributed by atoms with Crippen LogP contribution < -0.4 is 5.32 Å².